The van der Waals surface area contributed by atoms with E-state index in [1.165, 1.54) is 7.11 Å². The molecular weight excluding hydrogens is 270 g/mol. The third-order valence-corrected chi connectivity index (χ3v) is 3.41. The predicted molar refractivity (Wildman–Crippen MR) is 80.0 cm³/mol. The molecule has 0 aliphatic carbocycles. The summed E-state index contributed by atoms with van der Waals surface area (Å²) < 4.78 is 6.68. The summed E-state index contributed by atoms with van der Waals surface area (Å²) in [6, 6.07) is 7.34. The monoisotopic (exact) mass is 291 g/mol. The zero-order chi connectivity index (χ0) is 15.2. The van der Waals surface area contributed by atoms with Crippen LogP contribution in [0.15, 0.2) is 30.6 Å². The van der Waals surface area contributed by atoms with Gasteiger partial charge < -0.3 is 19.7 Å². The predicted octanol–water partition coefficient (Wildman–Crippen LogP) is 1.11. The molecule has 0 aliphatic heterocycles. The molecule has 6 nitrogen and oxygen atoms in total. The molecule has 2 N–H and O–H groups in total. The normalized spacial score (nSPS) is 14.0. The number of imidazole rings is 1. The SMILES string of the molecule is COCC(O)CCNC(=O)C(C)n1cnc2ccccc21. The molecule has 1 heterocycles. The van der Waals surface area contributed by atoms with Gasteiger partial charge in [0, 0.05) is 13.7 Å². The smallest absolute Gasteiger partial charge is 0.242 e. The van der Waals surface area contributed by atoms with Crippen LogP contribution < -0.4 is 5.32 Å². The molecule has 0 saturated heterocycles. The highest BCUT2D eigenvalue weighted by molar-refractivity contribution is 5.83. The van der Waals surface area contributed by atoms with Gasteiger partial charge in [-0.05, 0) is 25.5 Å². The second-order valence-corrected chi connectivity index (χ2v) is 5.01. The number of ether oxygens (including phenoxy) is 1. The first-order valence-electron chi connectivity index (χ1n) is 6.99. The summed E-state index contributed by atoms with van der Waals surface area (Å²) in [6.07, 6.45) is 1.59. The first kappa shape index (κ1) is 15.5. The number of fused-ring (bicyclic) bond motifs is 1. The number of aromatic nitrogens is 2. The number of rotatable bonds is 7. The lowest BCUT2D eigenvalue weighted by molar-refractivity contribution is -0.123. The molecule has 2 aromatic rings. The third-order valence-electron chi connectivity index (χ3n) is 3.41. The molecule has 0 bridgehead atoms. The second-order valence-electron chi connectivity index (χ2n) is 5.01. The number of benzene rings is 1. The van der Waals surface area contributed by atoms with E-state index in [9.17, 15) is 9.90 Å². The minimum atomic E-state index is -0.556. The van der Waals surface area contributed by atoms with E-state index in [2.05, 4.69) is 10.3 Å². The largest absolute Gasteiger partial charge is 0.391 e. The van der Waals surface area contributed by atoms with Crippen molar-refractivity contribution in [3.63, 3.8) is 0 Å². The van der Waals surface area contributed by atoms with Crippen molar-refractivity contribution in [1.29, 1.82) is 0 Å². The summed E-state index contributed by atoms with van der Waals surface area (Å²) in [5, 5.41) is 12.4. The molecule has 0 fully saturated rings. The Morgan fingerprint density at radius 3 is 3.00 bits per heavy atom. The lowest BCUT2D eigenvalue weighted by Crippen LogP contribution is -2.33. The van der Waals surface area contributed by atoms with Gasteiger partial charge in [0.2, 0.25) is 5.91 Å². The highest BCUT2D eigenvalue weighted by Crippen LogP contribution is 2.17. The van der Waals surface area contributed by atoms with Crippen LogP contribution >= 0.6 is 0 Å². The summed E-state index contributed by atoms with van der Waals surface area (Å²) in [5.74, 6) is -0.0947. The van der Waals surface area contributed by atoms with E-state index in [0.717, 1.165) is 11.0 Å². The fourth-order valence-corrected chi connectivity index (χ4v) is 2.20. The average molecular weight is 291 g/mol. The van der Waals surface area contributed by atoms with Gasteiger partial charge in [-0.3, -0.25) is 4.79 Å². The molecule has 21 heavy (non-hydrogen) atoms. The zero-order valence-corrected chi connectivity index (χ0v) is 12.3. The number of para-hydroxylation sites is 2. The van der Waals surface area contributed by atoms with E-state index in [4.69, 9.17) is 4.74 Å². The standard InChI is InChI=1S/C15H21N3O3/c1-11(15(20)16-8-7-12(19)9-21-2)18-10-17-13-5-3-4-6-14(13)18/h3-6,10-12,19H,7-9H2,1-2H3,(H,16,20). The molecule has 0 aliphatic rings. The highest BCUT2D eigenvalue weighted by atomic mass is 16.5. The van der Waals surface area contributed by atoms with Gasteiger partial charge in [-0.1, -0.05) is 12.1 Å². The van der Waals surface area contributed by atoms with Crippen LogP contribution in [-0.4, -0.2) is 46.9 Å². The molecule has 1 aromatic heterocycles. The van der Waals surface area contributed by atoms with E-state index in [-0.39, 0.29) is 18.6 Å². The molecule has 1 amide bonds. The van der Waals surface area contributed by atoms with Crippen molar-refractivity contribution in [2.24, 2.45) is 0 Å². The molecule has 0 spiro atoms. The fourth-order valence-electron chi connectivity index (χ4n) is 2.20. The number of methoxy groups -OCH3 is 1. The lowest BCUT2D eigenvalue weighted by Gasteiger charge is -2.15. The summed E-state index contributed by atoms with van der Waals surface area (Å²) in [5.41, 5.74) is 1.80. The quantitative estimate of drug-likeness (QED) is 0.801. The molecule has 1 aromatic carbocycles. The number of amides is 1. The maximum absolute atomic E-state index is 12.2. The van der Waals surface area contributed by atoms with Gasteiger partial charge in [0.1, 0.15) is 6.04 Å². The molecule has 2 unspecified atom stereocenters. The minimum Gasteiger partial charge on any atom is -0.391 e. The number of hydrogen-bond acceptors (Lipinski definition) is 4. The molecule has 2 rings (SSSR count). The Bertz CT molecular complexity index is 597. The third kappa shape index (κ3) is 3.80. The van der Waals surface area contributed by atoms with E-state index >= 15 is 0 Å². The Morgan fingerprint density at radius 1 is 1.48 bits per heavy atom. The maximum atomic E-state index is 12.2. The number of aliphatic hydroxyl groups excluding tert-OH is 1. The van der Waals surface area contributed by atoms with Crippen LogP contribution in [0.25, 0.3) is 11.0 Å². The minimum absolute atomic E-state index is 0.0947. The van der Waals surface area contributed by atoms with E-state index in [1.807, 2.05) is 35.8 Å². The second kappa shape index (κ2) is 7.19. The lowest BCUT2D eigenvalue weighted by atomic mass is 10.2. The van der Waals surface area contributed by atoms with E-state index < -0.39 is 6.10 Å². The topological polar surface area (TPSA) is 76.4 Å². The van der Waals surface area contributed by atoms with Crippen LogP contribution in [0.4, 0.5) is 0 Å². The van der Waals surface area contributed by atoms with Crippen LogP contribution in [0.1, 0.15) is 19.4 Å². The van der Waals surface area contributed by atoms with Crippen LogP contribution in [-0.2, 0) is 9.53 Å². The van der Waals surface area contributed by atoms with Crippen LogP contribution in [0.5, 0.6) is 0 Å². The summed E-state index contributed by atoms with van der Waals surface area (Å²) in [4.78, 5) is 16.4. The van der Waals surface area contributed by atoms with Gasteiger partial charge in [0.15, 0.2) is 0 Å². The Hall–Kier alpha value is -1.92. The zero-order valence-electron chi connectivity index (χ0n) is 12.3. The van der Waals surface area contributed by atoms with Crippen molar-refractivity contribution in [2.75, 3.05) is 20.3 Å². The summed E-state index contributed by atoms with van der Waals surface area (Å²) in [7, 11) is 1.54. The van der Waals surface area contributed by atoms with Gasteiger partial charge >= 0.3 is 0 Å². The molecule has 0 radical (unpaired) electrons. The van der Waals surface area contributed by atoms with Crippen LogP contribution in [0.3, 0.4) is 0 Å². The number of aliphatic hydroxyl groups is 1. The van der Waals surface area contributed by atoms with Crippen molar-refractivity contribution in [3.05, 3.63) is 30.6 Å². The van der Waals surface area contributed by atoms with Crippen molar-refractivity contribution < 1.29 is 14.6 Å². The number of carbonyl (C=O) groups excluding carboxylic acids is 1. The first-order chi connectivity index (χ1) is 10.1. The summed E-state index contributed by atoms with van der Waals surface area (Å²) in [6.45, 7) is 2.52. The number of carbonyl (C=O) groups is 1. The number of hydrogen-bond donors (Lipinski definition) is 2. The van der Waals surface area contributed by atoms with Crippen LogP contribution in [0, 0.1) is 0 Å². The summed E-state index contributed by atoms with van der Waals surface area (Å²) >= 11 is 0. The van der Waals surface area contributed by atoms with Gasteiger partial charge in [-0.15, -0.1) is 0 Å². The molecule has 6 heteroatoms. The Labute approximate surface area is 123 Å². The molecule has 114 valence electrons. The highest BCUT2D eigenvalue weighted by Gasteiger charge is 2.16. The maximum Gasteiger partial charge on any atom is 0.242 e. The Kier molecular flexibility index (Phi) is 5.30. The van der Waals surface area contributed by atoms with Gasteiger partial charge in [-0.2, -0.15) is 0 Å². The molecular formula is C15H21N3O3. The van der Waals surface area contributed by atoms with E-state index in [1.54, 1.807) is 6.33 Å². The Balaban J connectivity index is 1.93. The van der Waals surface area contributed by atoms with Crippen molar-refractivity contribution in [3.8, 4) is 0 Å². The van der Waals surface area contributed by atoms with Gasteiger partial charge in [0.05, 0.1) is 30.1 Å². The van der Waals surface area contributed by atoms with Crippen molar-refractivity contribution >= 4 is 16.9 Å². The van der Waals surface area contributed by atoms with Crippen LogP contribution in [0.2, 0.25) is 0 Å². The average Bonchev–Trinajstić information content (AvgIpc) is 2.90. The van der Waals surface area contributed by atoms with Gasteiger partial charge in [0.25, 0.3) is 0 Å². The van der Waals surface area contributed by atoms with E-state index in [0.29, 0.717) is 13.0 Å². The van der Waals surface area contributed by atoms with Gasteiger partial charge in [-0.25, -0.2) is 4.98 Å². The van der Waals surface area contributed by atoms with Crippen molar-refractivity contribution in [2.45, 2.75) is 25.5 Å². The number of nitrogens with one attached hydrogen (secondary N) is 1. The molecule has 2 atom stereocenters. The Morgan fingerprint density at radius 2 is 2.24 bits per heavy atom. The van der Waals surface area contributed by atoms with Crippen molar-refractivity contribution in [1.82, 2.24) is 14.9 Å². The molecule has 0 saturated carbocycles. The fraction of sp³-hybridized carbons (Fsp3) is 0.467. The first-order valence-corrected chi connectivity index (χ1v) is 6.99. The number of nitrogens with zero attached hydrogens (tertiary/aromatic N) is 2.